The number of aryl methyl sites for hydroxylation is 1. The molecule has 0 saturated carbocycles. The highest BCUT2D eigenvalue weighted by Crippen LogP contribution is 2.27. The largest absolute Gasteiger partial charge is 0.349 e. The van der Waals surface area contributed by atoms with Crippen LogP contribution in [0.1, 0.15) is 34.5 Å². The lowest BCUT2D eigenvalue weighted by molar-refractivity contribution is 0.0945. The molecule has 4 aromatic heterocycles. The Morgan fingerprint density at radius 3 is 2.97 bits per heavy atom. The van der Waals surface area contributed by atoms with Crippen LogP contribution in [0.3, 0.4) is 0 Å². The van der Waals surface area contributed by atoms with E-state index in [0.717, 1.165) is 52.1 Å². The highest BCUT2D eigenvalue weighted by molar-refractivity contribution is 7.17. The topological polar surface area (TPSA) is 84.7 Å². The molecule has 0 aliphatic carbocycles. The SMILES string of the molecule is Cn1ccc(-c2ccc(Cc3cc(C(=O)NC[C@@H]4CCCN4)nc4ccsc34)cn2)n1. The third-order valence-electron chi connectivity index (χ3n) is 5.59. The number of fused-ring (bicyclic) bond motifs is 1. The second kappa shape index (κ2) is 8.56. The second-order valence-corrected chi connectivity index (χ2v) is 8.82. The van der Waals surface area contributed by atoms with Crippen molar-refractivity contribution in [2.45, 2.75) is 25.3 Å². The minimum absolute atomic E-state index is 0.119. The fourth-order valence-corrected chi connectivity index (χ4v) is 4.81. The molecule has 1 fully saturated rings. The molecule has 1 saturated heterocycles. The van der Waals surface area contributed by atoms with Crippen molar-refractivity contribution in [1.29, 1.82) is 0 Å². The standard InChI is InChI=1S/C23H24N6OS/c1-29-9-6-19(28-29)18-5-4-15(13-25-18)11-16-12-21(27-20-7-10-31-22(16)20)23(30)26-14-17-3-2-8-24-17/h4-7,9-10,12-13,17,24H,2-3,8,11,14H2,1H3,(H,26,30)/t17-/m0/s1. The summed E-state index contributed by atoms with van der Waals surface area (Å²) in [5.41, 5.74) is 5.22. The Kier molecular flexibility index (Phi) is 5.48. The number of hydrogen-bond acceptors (Lipinski definition) is 6. The van der Waals surface area contributed by atoms with Crippen LogP contribution in [0.15, 0.2) is 48.1 Å². The first-order valence-electron chi connectivity index (χ1n) is 10.5. The van der Waals surface area contributed by atoms with E-state index in [2.05, 4.69) is 31.8 Å². The first-order chi connectivity index (χ1) is 15.2. The quantitative estimate of drug-likeness (QED) is 0.489. The Bertz CT molecular complexity index is 1210. The fourth-order valence-electron chi connectivity index (χ4n) is 3.96. The molecule has 7 nitrogen and oxygen atoms in total. The van der Waals surface area contributed by atoms with Crippen LogP contribution >= 0.6 is 11.3 Å². The number of rotatable bonds is 6. The van der Waals surface area contributed by atoms with Gasteiger partial charge in [0.05, 0.1) is 15.9 Å². The van der Waals surface area contributed by atoms with Gasteiger partial charge in [-0.2, -0.15) is 5.10 Å². The number of amides is 1. The molecule has 0 unspecified atom stereocenters. The highest BCUT2D eigenvalue weighted by Gasteiger charge is 2.17. The summed E-state index contributed by atoms with van der Waals surface area (Å²) in [5.74, 6) is -0.119. The molecule has 1 aliphatic rings. The normalized spacial score (nSPS) is 16.1. The van der Waals surface area contributed by atoms with E-state index in [1.54, 1.807) is 16.0 Å². The molecule has 0 bridgehead atoms. The Hall–Kier alpha value is -3.10. The van der Waals surface area contributed by atoms with E-state index in [1.807, 2.05) is 49.1 Å². The van der Waals surface area contributed by atoms with Crippen molar-refractivity contribution in [1.82, 2.24) is 30.4 Å². The van der Waals surface area contributed by atoms with Crippen LogP contribution in [-0.2, 0) is 13.5 Å². The average Bonchev–Trinajstić information content (AvgIpc) is 3.54. The van der Waals surface area contributed by atoms with E-state index in [9.17, 15) is 4.79 Å². The monoisotopic (exact) mass is 432 g/mol. The lowest BCUT2D eigenvalue weighted by Crippen LogP contribution is -2.37. The summed E-state index contributed by atoms with van der Waals surface area (Å²) in [7, 11) is 1.89. The minimum Gasteiger partial charge on any atom is -0.349 e. The van der Waals surface area contributed by atoms with E-state index in [1.165, 1.54) is 0 Å². The molecule has 158 valence electrons. The number of aromatic nitrogens is 4. The summed E-state index contributed by atoms with van der Waals surface area (Å²) in [5, 5.41) is 12.9. The van der Waals surface area contributed by atoms with Gasteiger partial charge in [0, 0.05) is 38.4 Å². The first-order valence-corrected chi connectivity index (χ1v) is 11.4. The maximum Gasteiger partial charge on any atom is 0.269 e. The van der Waals surface area contributed by atoms with Gasteiger partial charge in [-0.05, 0) is 60.2 Å². The van der Waals surface area contributed by atoms with Crippen molar-refractivity contribution >= 4 is 27.5 Å². The zero-order chi connectivity index (χ0) is 21.2. The molecule has 1 aliphatic heterocycles. The molecule has 5 heterocycles. The van der Waals surface area contributed by atoms with Gasteiger partial charge < -0.3 is 10.6 Å². The molecule has 1 atom stereocenters. The summed E-state index contributed by atoms with van der Waals surface area (Å²) >= 11 is 1.65. The number of pyridine rings is 2. The Morgan fingerprint density at radius 2 is 2.23 bits per heavy atom. The molecular weight excluding hydrogens is 408 g/mol. The summed E-state index contributed by atoms with van der Waals surface area (Å²) in [4.78, 5) is 21.9. The van der Waals surface area contributed by atoms with E-state index in [-0.39, 0.29) is 5.91 Å². The summed E-state index contributed by atoms with van der Waals surface area (Å²) < 4.78 is 2.88. The van der Waals surface area contributed by atoms with Crippen LogP contribution < -0.4 is 10.6 Å². The Labute approximate surface area is 184 Å². The molecule has 0 aromatic carbocycles. The molecule has 4 aromatic rings. The molecule has 31 heavy (non-hydrogen) atoms. The van der Waals surface area contributed by atoms with Gasteiger partial charge in [0.1, 0.15) is 11.4 Å². The van der Waals surface area contributed by atoms with Gasteiger partial charge in [0.25, 0.3) is 5.91 Å². The minimum atomic E-state index is -0.119. The van der Waals surface area contributed by atoms with Crippen LogP contribution in [0.2, 0.25) is 0 Å². The number of nitrogens with zero attached hydrogens (tertiary/aromatic N) is 4. The van der Waals surface area contributed by atoms with E-state index < -0.39 is 0 Å². The zero-order valence-corrected chi connectivity index (χ0v) is 18.2. The van der Waals surface area contributed by atoms with Gasteiger partial charge in [-0.1, -0.05) is 6.07 Å². The smallest absolute Gasteiger partial charge is 0.269 e. The third kappa shape index (κ3) is 4.35. The summed E-state index contributed by atoms with van der Waals surface area (Å²) in [6, 6.07) is 10.3. The average molecular weight is 433 g/mol. The van der Waals surface area contributed by atoms with Crippen LogP contribution in [0.4, 0.5) is 0 Å². The maximum atomic E-state index is 12.8. The zero-order valence-electron chi connectivity index (χ0n) is 17.3. The van der Waals surface area contributed by atoms with Crippen molar-refractivity contribution in [2.75, 3.05) is 13.1 Å². The molecule has 0 spiro atoms. The van der Waals surface area contributed by atoms with Crippen LogP contribution in [-0.4, -0.2) is 44.8 Å². The van der Waals surface area contributed by atoms with Crippen molar-refractivity contribution < 1.29 is 4.79 Å². The van der Waals surface area contributed by atoms with E-state index in [4.69, 9.17) is 0 Å². The van der Waals surface area contributed by atoms with Gasteiger partial charge in [-0.25, -0.2) is 4.98 Å². The lowest BCUT2D eigenvalue weighted by Gasteiger charge is -2.12. The van der Waals surface area contributed by atoms with Gasteiger partial charge in [0.2, 0.25) is 0 Å². The van der Waals surface area contributed by atoms with E-state index >= 15 is 0 Å². The van der Waals surface area contributed by atoms with Crippen LogP contribution in [0.25, 0.3) is 21.6 Å². The molecule has 5 rings (SSSR count). The van der Waals surface area contributed by atoms with Gasteiger partial charge in [-0.3, -0.25) is 14.5 Å². The first kappa shape index (κ1) is 19.8. The molecule has 2 N–H and O–H groups in total. The van der Waals surface area contributed by atoms with Gasteiger partial charge in [-0.15, -0.1) is 11.3 Å². The Balaban J connectivity index is 1.36. The molecular formula is C23H24N6OS. The van der Waals surface area contributed by atoms with Crippen LogP contribution in [0, 0.1) is 0 Å². The molecule has 8 heteroatoms. The third-order valence-corrected chi connectivity index (χ3v) is 6.57. The van der Waals surface area contributed by atoms with Gasteiger partial charge in [0.15, 0.2) is 0 Å². The Morgan fingerprint density at radius 1 is 1.29 bits per heavy atom. The van der Waals surface area contributed by atoms with Crippen molar-refractivity contribution in [3.63, 3.8) is 0 Å². The number of hydrogen-bond donors (Lipinski definition) is 2. The maximum absolute atomic E-state index is 12.8. The van der Waals surface area contributed by atoms with E-state index in [0.29, 0.717) is 24.7 Å². The number of thiophene rings is 1. The predicted molar refractivity (Wildman–Crippen MR) is 122 cm³/mol. The number of carbonyl (C=O) groups excluding carboxylic acids is 1. The molecule has 0 radical (unpaired) electrons. The second-order valence-electron chi connectivity index (χ2n) is 7.91. The number of carbonyl (C=O) groups is 1. The fraction of sp³-hybridized carbons (Fsp3) is 0.304. The van der Waals surface area contributed by atoms with Crippen molar-refractivity contribution in [2.24, 2.45) is 7.05 Å². The van der Waals surface area contributed by atoms with Crippen LogP contribution in [0.5, 0.6) is 0 Å². The molecule has 1 amide bonds. The van der Waals surface area contributed by atoms with Crippen molar-refractivity contribution in [3.05, 3.63) is 64.9 Å². The lowest BCUT2D eigenvalue weighted by atomic mass is 10.1. The highest BCUT2D eigenvalue weighted by atomic mass is 32.1. The van der Waals surface area contributed by atoms with Crippen molar-refractivity contribution in [3.8, 4) is 11.4 Å². The summed E-state index contributed by atoms with van der Waals surface area (Å²) in [6.45, 7) is 1.66. The predicted octanol–water partition coefficient (Wildman–Crippen LogP) is 3.16. The summed E-state index contributed by atoms with van der Waals surface area (Å²) in [6.07, 6.45) is 6.75. The number of nitrogens with one attached hydrogen (secondary N) is 2. The van der Waals surface area contributed by atoms with Gasteiger partial charge >= 0.3 is 0 Å².